The van der Waals surface area contributed by atoms with E-state index < -0.39 is 17.5 Å². The van der Waals surface area contributed by atoms with Crippen LogP contribution < -0.4 is 5.32 Å². The van der Waals surface area contributed by atoms with Gasteiger partial charge < -0.3 is 19.9 Å². The van der Waals surface area contributed by atoms with Gasteiger partial charge in [-0.1, -0.05) is 0 Å². The third-order valence-corrected chi connectivity index (χ3v) is 2.16. The van der Waals surface area contributed by atoms with Crippen molar-refractivity contribution in [2.75, 3.05) is 6.54 Å². The second-order valence-corrected chi connectivity index (χ2v) is 3.65. The Morgan fingerprint density at radius 1 is 1.56 bits per heavy atom. The average Bonchev–Trinajstić information content (AvgIpc) is 2.61. The first-order valence-corrected chi connectivity index (χ1v) is 4.62. The van der Waals surface area contributed by atoms with Gasteiger partial charge in [-0.15, -0.1) is 0 Å². The molecule has 0 spiro atoms. The van der Waals surface area contributed by atoms with Crippen LogP contribution in [-0.4, -0.2) is 34.2 Å². The summed E-state index contributed by atoms with van der Waals surface area (Å²) >= 11 is 0. The number of carboxylic acid groups (broad SMARTS) is 1. The van der Waals surface area contributed by atoms with E-state index in [1.165, 1.54) is 12.3 Å². The van der Waals surface area contributed by atoms with Crippen LogP contribution in [0.15, 0.2) is 16.7 Å². The number of rotatable bonds is 4. The van der Waals surface area contributed by atoms with Crippen LogP contribution in [0.4, 0.5) is 0 Å². The predicted octanol–water partition coefficient (Wildman–Crippen LogP) is 0.153. The highest BCUT2D eigenvalue weighted by Gasteiger charge is 2.30. The summed E-state index contributed by atoms with van der Waals surface area (Å²) in [6.45, 7) is 2.36. The van der Waals surface area contributed by atoms with Crippen LogP contribution >= 0.6 is 0 Å². The molecule has 0 saturated heterocycles. The molecule has 0 aliphatic heterocycles. The molecule has 1 amide bonds. The third-order valence-electron chi connectivity index (χ3n) is 2.16. The van der Waals surface area contributed by atoms with Crippen molar-refractivity contribution < 1.29 is 24.2 Å². The number of nitrogens with one attached hydrogen (secondary N) is 1. The van der Waals surface area contributed by atoms with E-state index in [1.54, 1.807) is 6.92 Å². The summed E-state index contributed by atoms with van der Waals surface area (Å²) in [7, 11) is 0. The number of aryl methyl sites for hydroxylation is 1. The molecular weight excluding hydrogens is 214 g/mol. The lowest BCUT2D eigenvalue weighted by Gasteiger charge is -2.17. The zero-order chi connectivity index (χ0) is 12.3. The highest BCUT2D eigenvalue weighted by Crippen LogP contribution is 2.09. The Kier molecular flexibility index (Phi) is 3.34. The lowest BCUT2D eigenvalue weighted by molar-refractivity contribution is -0.155. The average molecular weight is 227 g/mol. The lowest BCUT2D eigenvalue weighted by Crippen LogP contribution is -2.46. The number of carboxylic acids is 1. The van der Waals surface area contributed by atoms with E-state index in [-0.39, 0.29) is 6.54 Å². The molecule has 0 radical (unpaired) electrons. The number of carbonyl (C=O) groups is 2. The van der Waals surface area contributed by atoms with Gasteiger partial charge in [0.2, 0.25) is 0 Å². The van der Waals surface area contributed by atoms with E-state index in [1.807, 2.05) is 0 Å². The number of hydrogen-bond donors (Lipinski definition) is 3. The highest BCUT2D eigenvalue weighted by atomic mass is 16.4. The Hall–Kier alpha value is -1.82. The standard InChI is InChI=1S/C10H13NO5/c1-6-7(3-4-16-6)8(12)11-5-10(2,15)9(13)14/h3-4,15H,5H2,1-2H3,(H,11,12)(H,13,14). The molecule has 0 saturated carbocycles. The summed E-state index contributed by atoms with van der Waals surface area (Å²) in [5, 5.41) is 20.3. The highest BCUT2D eigenvalue weighted by molar-refractivity contribution is 5.95. The zero-order valence-electron chi connectivity index (χ0n) is 8.98. The monoisotopic (exact) mass is 227 g/mol. The topological polar surface area (TPSA) is 99.8 Å². The van der Waals surface area contributed by atoms with Gasteiger partial charge in [-0.2, -0.15) is 0 Å². The maximum Gasteiger partial charge on any atom is 0.337 e. The molecule has 1 heterocycles. The number of aliphatic hydroxyl groups is 1. The van der Waals surface area contributed by atoms with Crippen LogP contribution in [-0.2, 0) is 4.79 Å². The van der Waals surface area contributed by atoms with E-state index in [4.69, 9.17) is 9.52 Å². The van der Waals surface area contributed by atoms with Crippen molar-refractivity contribution in [3.63, 3.8) is 0 Å². The molecule has 1 aromatic heterocycles. The first-order chi connectivity index (χ1) is 7.34. The van der Waals surface area contributed by atoms with Crippen molar-refractivity contribution in [2.24, 2.45) is 0 Å². The molecule has 1 unspecified atom stereocenters. The van der Waals surface area contributed by atoms with Gasteiger partial charge in [-0.25, -0.2) is 4.79 Å². The molecule has 6 nitrogen and oxygen atoms in total. The molecule has 0 aliphatic rings. The first-order valence-electron chi connectivity index (χ1n) is 4.62. The van der Waals surface area contributed by atoms with Gasteiger partial charge >= 0.3 is 5.97 Å². The molecule has 1 aromatic rings. The molecule has 6 heteroatoms. The molecular formula is C10H13NO5. The molecule has 1 rings (SSSR count). The smallest absolute Gasteiger partial charge is 0.337 e. The Morgan fingerprint density at radius 3 is 2.62 bits per heavy atom. The maximum atomic E-state index is 11.5. The van der Waals surface area contributed by atoms with E-state index in [0.29, 0.717) is 11.3 Å². The minimum absolute atomic E-state index is 0.321. The zero-order valence-corrected chi connectivity index (χ0v) is 8.98. The van der Waals surface area contributed by atoms with E-state index in [9.17, 15) is 14.7 Å². The summed E-state index contributed by atoms with van der Waals surface area (Å²) in [5.74, 6) is -1.43. The molecule has 0 bridgehead atoms. The van der Waals surface area contributed by atoms with Crippen molar-refractivity contribution in [3.8, 4) is 0 Å². The maximum absolute atomic E-state index is 11.5. The van der Waals surface area contributed by atoms with Crippen LogP contribution in [0.25, 0.3) is 0 Å². The van der Waals surface area contributed by atoms with Crippen molar-refractivity contribution in [1.29, 1.82) is 0 Å². The first kappa shape index (κ1) is 12.3. The van der Waals surface area contributed by atoms with E-state index in [0.717, 1.165) is 6.92 Å². The van der Waals surface area contributed by atoms with E-state index in [2.05, 4.69) is 5.32 Å². The fourth-order valence-electron chi connectivity index (χ4n) is 1.04. The lowest BCUT2D eigenvalue weighted by atomic mass is 10.1. The largest absolute Gasteiger partial charge is 0.479 e. The predicted molar refractivity (Wildman–Crippen MR) is 54.0 cm³/mol. The van der Waals surface area contributed by atoms with Gasteiger partial charge in [-0.05, 0) is 19.9 Å². The Bertz CT molecular complexity index is 407. The Morgan fingerprint density at radius 2 is 2.19 bits per heavy atom. The molecule has 3 N–H and O–H groups in total. The fraction of sp³-hybridized carbons (Fsp3) is 0.400. The third kappa shape index (κ3) is 2.60. The molecule has 0 aliphatic carbocycles. The number of hydrogen-bond acceptors (Lipinski definition) is 4. The van der Waals surface area contributed by atoms with Crippen LogP contribution in [0, 0.1) is 6.92 Å². The molecule has 16 heavy (non-hydrogen) atoms. The van der Waals surface area contributed by atoms with Crippen LogP contribution in [0.2, 0.25) is 0 Å². The number of furan rings is 1. The number of amides is 1. The summed E-state index contributed by atoms with van der Waals surface area (Å²) in [6, 6.07) is 1.47. The van der Waals surface area contributed by atoms with Gasteiger partial charge in [0.25, 0.3) is 5.91 Å². The second-order valence-electron chi connectivity index (χ2n) is 3.65. The quantitative estimate of drug-likeness (QED) is 0.680. The number of carbonyl (C=O) groups excluding carboxylic acids is 1. The molecule has 88 valence electrons. The van der Waals surface area contributed by atoms with Gasteiger partial charge in [0.15, 0.2) is 5.60 Å². The molecule has 0 aromatic carbocycles. The van der Waals surface area contributed by atoms with Crippen LogP contribution in [0.1, 0.15) is 23.0 Å². The van der Waals surface area contributed by atoms with Gasteiger partial charge in [0, 0.05) is 0 Å². The fourth-order valence-corrected chi connectivity index (χ4v) is 1.04. The van der Waals surface area contributed by atoms with Gasteiger partial charge in [-0.3, -0.25) is 4.79 Å². The molecule has 1 atom stereocenters. The SMILES string of the molecule is Cc1occc1C(=O)NCC(C)(O)C(=O)O. The second kappa shape index (κ2) is 4.36. The summed E-state index contributed by atoms with van der Waals surface area (Å²) in [5.41, 5.74) is -1.66. The Labute approximate surface area is 91.9 Å². The van der Waals surface area contributed by atoms with E-state index >= 15 is 0 Å². The van der Waals surface area contributed by atoms with Gasteiger partial charge in [0.05, 0.1) is 18.4 Å². The van der Waals surface area contributed by atoms with Crippen LogP contribution in [0.5, 0.6) is 0 Å². The number of aliphatic carboxylic acids is 1. The van der Waals surface area contributed by atoms with Crippen LogP contribution in [0.3, 0.4) is 0 Å². The summed E-state index contributed by atoms with van der Waals surface area (Å²) < 4.78 is 4.93. The Balaban J connectivity index is 2.61. The minimum Gasteiger partial charge on any atom is -0.479 e. The minimum atomic E-state index is -1.98. The van der Waals surface area contributed by atoms with Crippen molar-refractivity contribution in [1.82, 2.24) is 5.32 Å². The normalized spacial score (nSPS) is 14.2. The molecule has 0 fully saturated rings. The summed E-state index contributed by atoms with van der Waals surface area (Å²) in [6.07, 6.45) is 1.36. The van der Waals surface area contributed by atoms with Crippen molar-refractivity contribution >= 4 is 11.9 Å². The van der Waals surface area contributed by atoms with Gasteiger partial charge in [0.1, 0.15) is 5.76 Å². The summed E-state index contributed by atoms with van der Waals surface area (Å²) in [4.78, 5) is 22.1. The van der Waals surface area contributed by atoms with Crippen molar-refractivity contribution in [2.45, 2.75) is 19.4 Å². The van der Waals surface area contributed by atoms with Crippen molar-refractivity contribution in [3.05, 3.63) is 23.7 Å².